The predicted molar refractivity (Wildman–Crippen MR) is 78.7 cm³/mol. The molecule has 0 saturated heterocycles. The van der Waals surface area contributed by atoms with Gasteiger partial charge in [0, 0.05) is 25.0 Å². The monoisotopic (exact) mass is 271 g/mol. The van der Waals surface area contributed by atoms with Gasteiger partial charge in [-0.15, -0.1) is 0 Å². The SMILES string of the molecule is CCNCc1ccnc(N2CCc3ccc(F)cc32)c1. The van der Waals surface area contributed by atoms with Crippen molar-refractivity contribution in [2.75, 3.05) is 18.0 Å². The molecule has 0 radical (unpaired) electrons. The number of pyridine rings is 1. The van der Waals surface area contributed by atoms with Gasteiger partial charge in [0.05, 0.1) is 0 Å². The van der Waals surface area contributed by atoms with Crippen LogP contribution in [0.15, 0.2) is 36.5 Å². The molecular weight excluding hydrogens is 253 g/mol. The minimum Gasteiger partial charge on any atom is -0.326 e. The third kappa shape index (κ3) is 2.51. The smallest absolute Gasteiger partial charge is 0.133 e. The molecule has 0 bridgehead atoms. The number of hydrogen-bond acceptors (Lipinski definition) is 3. The van der Waals surface area contributed by atoms with Crippen molar-refractivity contribution in [2.45, 2.75) is 19.9 Å². The van der Waals surface area contributed by atoms with Gasteiger partial charge >= 0.3 is 0 Å². The second-order valence-electron chi connectivity index (χ2n) is 4.98. The van der Waals surface area contributed by atoms with Crippen LogP contribution in [0.5, 0.6) is 0 Å². The molecule has 3 nitrogen and oxygen atoms in total. The van der Waals surface area contributed by atoms with E-state index in [1.807, 2.05) is 18.3 Å². The Hall–Kier alpha value is -1.94. The average molecular weight is 271 g/mol. The molecule has 0 unspecified atom stereocenters. The van der Waals surface area contributed by atoms with Crippen molar-refractivity contribution >= 4 is 11.5 Å². The lowest BCUT2D eigenvalue weighted by Gasteiger charge is -2.19. The Morgan fingerprint density at radius 3 is 3.05 bits per heavy atom. The molecule has 1 aliphatic heterocycles. The van der Waals surface area contributed by atoms with Crippen LogP contribution in [0.3, 0.4) is 0 Å². The Morgan fingerprint density at radius 1 is 1.30 bits per heavy atom. The van der Waals surface area contributed by atoms with Gasteiger partial charge in [-0.1, -0.05) is 13.0 Å². The molecule has 0 spiro atoms. The molecule has 1 N–H and O–H groups in total. The molecule has 0 amide bonds. The third-order valence-electron chi connectivity index (χ3n) is 3.61. The van der Waals surface area contributed by atoms with Gasteiger partial charge in [-0.05, 0) is 48.4 Å². The van der Waals surface area contributed by atoms with Crippen LogP contribution < -0.4 is 10.2 Å². The molecule has 104 valence electrons. The molecule has 1 aromatic heterocycles. The summed E-state index contributed by atoms with van der Waals surface area (Å²) in [6.07, 6.45) is 2.76. The van der Waals surface area contributed by atoms with Gasteiger partial charge in [0.2, 0.25) is 0 Å². The molecule has 0 aliphatic carbocycles. The maximum Gasteiger partial charge on any atom is 0.133 e. The van der Waals surface area contributed by atoms with Gasteiger partial charge in [-0.25, -0.2) is 9.37 Å². The summed E-state index contributed by atoms with van der Waals surface area (Å²) in [6, 6.07) is 9.07. The van der Waals surface area contributed by atoms with Gasteiger partial charge in [0.15, 0.2) is 0 Å². The number of fused-ring (bicyclic) bond motifs is 1. The topological polar surface area (TPSA) is 28.2 Å². The molecule has 3 rings (SSSR count). The number of rotatable bonds is 4. The molecule has 2 heterocycles. The van der Waals surface area contributed by atoms with Crippen molar-refractivity contribution in [3.63, 3.8) is 0 Å². The van der Waals surface area contributed by atoms with Gasteiger partial charge in [-0.2, -0.15) is 0 Å². The minimum atomic E-state index is -0.195. The summed E-state index contributed by atoms with van der Waals surface area (Å²) in [6.45, 7) is 4.71. The van der Waals surface area contributed by atoms with E-state index in [0.717, 1.165) is 37.6 Å². The quantitative estimate of drug-likeness (QED) is 0.926. The van der Waals surface area contributed by atoms with E-state index in [-0.39, 0.29) is 5.82 Å². The fourth-order valence-corrected chi connectivity index (χ4v) is 2.58. The van der Waals surface area contributed by atoms with Gasteiger partial charge in [0.25, 0.3) is 0 Å². The predicted octanol–water partition coefficient (Wildman–Crippen LogP) is 3.02. The first-order valence-electron chi connectivity index (χ1n) is 6.99. The maximum atomic E-state index is 13.4. The van der Waals surface area contributed by atoms with E-state index in [0.29, 0.717) is 0 Å². The zero-order valence-corrected chi connectivity index (χ0v) is 11.6. The molecule has 4 heteroatoms. The van der Waals surface area contributed by atoms with Crippen molar-refractivity contribution in [1.82, 2.24) is 10.3 Å². The second-order valence-corrected chi connectivity index (χ2v) is 4.98. The first-order valence-corrected chi connectivity index (χ1v) is 6.99. The Kier molecular flexibility index (Phi) is 3.65. The first kappa shape index (κ1) is 13.1. The lowest BCUT2D eigenvalue weighted by molar-refractivity contribution is 0.628. The highest BCUT2D eigenvalue weighted by Gasteiger charge is 2.21. The van der Waals surface area contributed by atoms with E-state index in [4.69, 9.17) is 0 Å². The Balaban J connectivity index is 1.90. The summed E-state index contributed by atoms with van der Waals surface area (Å²) in [4.78, 5) is 6.52. The second kappa shape index (κ2) is 5.59. The molecule has 0 saturated carbocycles. The van der Waals surface area contributed by atoms with Crippen molar-refractivity contribution in [2.24, 2.45) is 0 Å². The standard InChI is InChI=1S/C16H18FN3/c1-2-18-11-12-5-7-19-16(9-12)20-8-6-13-3-4-14(17)10-15(13)20/h3-5,7,9-10,18H,2,6,8,11H2,1H3. The summed E-state index contributed by atoms with van der Waals surface area (Å²) in [5.74, 6) is 0.698. The van der Waals surface area contributed by atoms with Crippen LogP contribution in [0.25, 0.3) is 0 Å². The van der Waals surface area contributed by atoms with Crippen LogP contribution in [0.2, 0.25) is 0 Å². The van der Waals surface area contributed by atoms with Crippen molar-refractivity contribution in [1.29, 1.82) is 0 Å². The summed E-state index contributed by atoms with van der Waals surface area (Å²) in [5, 5.41) is 3.30. The summed E-state index contributed by atoms with van der Waals surface area (Å²) >= 11 is 0. The van der Waals surface area contributed by atoms with E-state index in [1.54, 1.807) is 6.07 Å². The normalized spacial score (nSPS) is 13.6. The van der Waals surface area contributed by atoms with Gasteiger partial charge in [0.1, 0.15) is 11.6 Å². The Labute approximate surface area is 118 Å². The molecule has 20 heavy (non-hydrogen) atoms. The summed E-state index contributed by atoms with van der Waals surface area (Å²) < 4.78 is 13.4. The fraction of sp³-hybridized carbons (Fsp3) is 0.312. The van der Waals surface area contributed by atoms with Crippen LogP contribution >= 0.6 is 0 Å². The lowest BCUT2D eigenvalue weighted by atomic mass is 10.1. The van der Waals surface area contributed by atoms with Crippen LogP contribution in [0.1, 0.15) is 18.1 Å². The zero-order valence-electron chi connectivity index (χ0n) is 11.6. The lowest BCUT2D eigenvalue weighted by Crippen LogP contribution is -2.16. The van der Waals surface area contributed by atoms with Crippen LogP contribution in [-0.2, 0) is 13.0 Å². The van der Waals surface area contributed by atoms with Crippen molar-refractivity contribution < 1.29 is 4.39 Å². The molecule has 0 fully saturated rings. The molecular formula is C16H18FN3. The summed E-state index contributed by atoms with van der Waals surface area (Å²) in [5.41, 5.74) is 3.32. The van der Waals surface area contributed by atoms with E-state index < -0.39 is 0 Å². The number of aromatic nitrogens is 1. The number of anilines is 2. The van der Waals surface area contributed by atoms with E-state index in [1.165, 1.54) is 17.2 Å². The maximum absolute atomic E-state index is 13.4. The summed E-state index contributed by atoms with van der Waals surface area (Å²) in [7, 11) is 0. The fourth-order valence-electron chi connectivity index (χ4n) is 2.58. The van der Waals surface area contributed by atoms with Crippen molar-refractivity contribution in [3.05, 3.63) is 53.5 Å². The highest BCUT2D eigenvalue weighted by molar-refractivity contribution is 5.67. The first-order chi connectivity index (χ1) is 9.78. The van der Waals surface area contributed by atoms with Crippen LogP contribution in [0.4, 0.5) is 15.9 Å². The third-order valence-corrected chi connectivity index (χ3v) is 3.61. The zero-order chi connectivity index (χ0) is 13.9. The number of hydrogen-bond donors (Lipinski definition) is 1. The molecule has 1 aliphatic rings. The number of nitrogens with zero attached hydrogens (tertiary/aromatic N) is 2. The number of nitrogens with one attached hydrogen (secondary N) is 1. The molecule has 2 aromatic rings. The minimum absolute atomic E-state index is 0.195. The van der Waals surface area contributed by atoms with E-state index in [2.05, 4.69) is 28.2 Å². The van der Waals surface area contributed by atoms with Gasteiger partial charge in [-0.3, -0.25) is 0 Å². The van der Waals surface area contributed by atoms with E-state index >= 15 is 0 Å². The highest BCUT2D eigenvalue weighted by Crippen LogP contribution is 2.34. The van der Waals surface area contributed by atoms with Crippen LogP contribution in [-0.4, -0.2) is 18.1 Å². The average Bonchev–Trinajstić information content (AvgIpc) is 2.88. The van der Waals surface area contributed by atoms with Crippen LogP contribution in [0, 0.1) is 5.82 Å². The molecule has 1 aromatic carbocycles. The highest BCUT2D eigenvalue weighted by atomic mass is 19.1. The number of halogens is 1. The Morgan fingerprint density at radius 2 is 2.20 bits per heavy atom. The van der Waals surface area contributed by atoms with E-state index in [9.17, 15) is 4.39 Å². The number of benzene rings is 1. The van der Waals surface area contributed by atoms with Gasteiger partial charge < -0.3 is 10.2 Å². The Bertz CT molecular complexity index is 612. The van der Waals surface area contributed by atoms with Crippen molar-refractivity contribution in [3.8, 4) is 0 Å². The largest absolute Gasteiger partial charge is 0.326 e. The molecule has 0 atom stereocenters.